The van der Waals surface area contributed by atoms with Crippen LogP contribution in [0.4, 0.5) is 0 Å². The summed E-state index contributed by atoms with van der Waals surface area (Å²) in [6, 6.07) is 17.9. The Morgan fingerprint density at radius 2 is 1.65 bits per heavy atom. The zero-order valence-corrected chi connectivity index (χ0v) is 16.7. The Hall–Kier alpha value is -2.35. The highest BCUT2D eigenvalue weighted by atomic mass is 15.1. The summed E-state index contributed by atoms with van der Waals surface area (Å²) in [6.07, 6.45) is 5.10. The van der Waals surface area contributed by atoms with E-state index in [1.54, 1.807) is 0 Å². The molecule has 1 heterocycles. The number of aromatic nitrogens is 2. The first kappa shape index (κ1) is 18.4. The first-order valence-corrected chi connectivity index (χ1v) is 9.53. The predicted molar refractivity (Wildman–Crippen MR) is 110 cm³/mol. The van der Waals surface area contributed by atoms with Gasteiger partial charge in [-0.1, -0.05) is 83.1 Å². The smallest absolute Gasteiger partial charge is 0.114 e. The molecule has 0 atom stereocenters. The Balaban J connectivity index is 1.78. The second kappa shape index (κ2) is 7.49. The largest absolute Gasteiger partial charge is 0.330 e. The van der Waals surface area contributed by atoms with Crippen molar-refractivity contribution < 1.29 is 0 Å². The monoisotopic (exact) mass is 346 g/mol. The molecule has 0 radical (unpaired) electrons. The fourth-order valence-corrected chi connectivity index (χ4v) is 3.43. The highest BCUT2D eigenvalue weighted by Gasteiger charge is 2.19. The van der Waals surface area contributed by atoms with E-state index in [2.05, 4.69) is 98.9 Å². The van der Waals surface area contributed by atoms with E-state index in [1.807, 2.05) is 6.20 Å². The van der Waals surface area contributed by atoms with Gasteiger partial charge >= 0.3 is 0 Å². The van der Waals surface area contributed by atoms with Crippen molar-refractivity contribution in [3.05, 3.63) is 77.9 Å². The van der Waals surface area contributed by atoms with E-state index in [9.17, 15) is 0 Å². The molecule has 2 nitrogen and oxygen atoms in total. The lowest BCUT2D eigenvalue weighted by Crippen LogP contribution is -2.19. The van der Waals surface area contributed by atoms with Gasteiger partial charge in [0.15, 0.2) is 0 Å². The third-order valence-electron chi connectivity index (χ3n) is 4.60. The molecule has 0 aliphatic heterocycles. The van der Waals surface area contributed by atoms with Crippen molar-refractivity contribution in [3.8, 4) is 11.1 Å². The average molecular weight is 347 g/mol. The minimum Gasteiger partial charge on any atom is -0.330 e. The normalized spacial score (nSPS) is 11.9. The van der Waals surface area contributed by atoms with Gasteiger partial charge in [0.25, 0.3) is 0 Å². The predicted octanol–water partition coefficient (Wildman–Crippen LogP) is 6.09. The average Bonchev–Trinajstić information content (AvgIpc) is 3.04. The van der Waals surface area contributed by atoms with Crippen molar-refractivity contribution >= 4 is 0 Å². The Morgan fingerprint density at radius 3 is 2.31 bits per heavy atom. The van der Waals surface area contributed by atoms with Crippen LogP contribution in [0, 0.1) is 5.92 Å². The van der Waals surface area contributed by atoms with Crippen LogP contribution in [0.3, 0.4) is 0 Å². The molecule has 2 aromatic carbocycles. The van der Waals surface area contributed by atoms with Gasteiger partial charge < -0.3 is 4.57 Å². The number of benzene rings is 2. The summed E-state index contributed by atoms with van der Waals surface area (Å²) in [5.41, 5.74) is 5.35. The molecule has 26 heavy (non-hydrogen) atoms. The molecule has 2 heteroatoms. The molecule has 3 rings (SSSR count). The summed E-state index contributed by atoms with van der Waals surface area (Å²) in [5.74, 6) is 1.81. The van der Waals surface area contributed by atoms with Gasteiger partial charge in [-0.3, -0.25) is 0 Å². The van der Waals surface area contributed by atoms with Gasteiger partial charge in [-0.2, -0.15) is 0 Å². The van der Waals surface area contributed by atoms with Gasteiger partial charge in [0, 0.05) is 24.4 Å². The van der Waals surface area contributed by atoms with Crippen LogP contribution >= 0.6 is 0 Å². The Kier molecular flexibility index (Phi) is 5.31. The maximum atomic E-state index is 4.54. The van der Waals surface area contributed by atoms with Crippen LogP contribution < -0.4 is 0 Å². The third kappa shape index (κ3) is 4.43. The SMILES string of the molecule is CC(C)Cc1cccc(-c2ccc(Cn3ccnc3C(C)(C)C)cc2)c1. The summed E-state index contributed by atoms with van der Waals surface area (Å²) >= 11 is 0. The molecule has 0 aliphatic carbocycles. The van der Waals surface area contributed by atoms with Crippen LogP contribution in [0.2, 0.25) is 0 Å². The molecular weight excluding hydrogens is 316 g/mol. The standard InChI is InChI=1S/C24H30N2/c1-18(2)15-20-7-6-8-22(16-20)21-11-9-19(10-12-21)17-26-14-13-25-23(26)24(3,4)5/h6-14,16,18H,15,17H2,1-5H3. The molecule has 0 spiro atoms. The van der Waals surface area contributed by atoms with Crippen LogP contribution in [0.5, 0.6) is 0 Å². The third-order valence-corrected chi connectivity index (χ3v) is 4.60. The van der Waals surface area contributed by atoms with Gasteiger partial charge in [-0.05, 0) is 34.6 Å². The van der Waals surface area contributed by atoms with E-state index in [-0.39, 0.29) is 5.41 Å². The van der Waals surface area contributed by atoms with E-state index in [0.717, 1.165) is 18.8 Å². The molecule has 0 saturated heterocycles. The van der Waals surface area contributed by atoms with Gasteiger partial charge in [0.2, 0.25) is 0 Å². The number of rotatable bonds is 5. The van der Waals surface area contributed by atoms with Crippen molar-refractivity contribution in [2.75, 3.05) is 0 Å². The lowest BCUT2D eigenvalue weighted by atomic mass is 9.95. The molecule has 0 amide bonds. The van der Waals surface area contributed by atoms with E-state index < -0.39 is 0 Å². The van der Waals surface area contributed by atoms with Crippen LogP contribution in [0.1, 0.15) is 51.6 Å². The van der Waals surface area contributed by atoms with Crippen molar-refractivity contribution in [1.29, 1.82) is 0 Å². The maximum Gasteiger partial charge on any atom is 0.114 e. The molecule has 0 bridgehead atoms. The van der Waals surface area contributed by atoms with Gasteiger partial charge in [0.05, 0.1) is 0 Å². The molecule has 3 aromatic rings. The number of hydrogen-bond donors (Lipinski definition) is 0. The Morgan fingerprint density at radius 1 is 0.923 bits per heavy atom. The number of hydrogen-bond acceptors (Lipinski definition) is 1. The molecule has 0 fully saturated rings. The summed E-state index contributed by atoms with van der Waals surface area (Å²) in [7, 11) is 0. The van der Waals surface area contributed by atoms with Crippen molar-refractivity contribution in [2.24, 2.45) is 5.92 Å². The fourth-order valence-electron chi connectivity index (χ4n) is 3.43. The zero-order valence-electron chi connectivity index (χ0n) is 16.7. The minimum atomic E-state index is 0.0558. The van der Waals surface area contributed by atoms with Crippen LogP contribution in [-0.4, -0.2) is 9.55 Å². The topological polar surface area (TPSA) is 17.8 Å². The van der Waals surface area contributed by atoms with Gasteiger partial charge in [-0.15, -0.1) is 0 Å². The lowest BCUT2D eigenvalue weighted by Gasteiger charge is -2.20. The molecule has 136 valence electrons. The van der Waals surface area contributed by atoms with Crippen molar-refractivity contribution in [2.45, 2.75) is 53.0 Å². The van der Waals surface area contributed by atoms with Gasteiger partial charge in [0.1, 0.15) is 5.82 Å². The molecule has 0 saturated carbocycles. The van der Waals surface area contributed by atoms with Crippen LogP contribution in [0.25, 0.3) is 11.1 Å². The zero-order chi connectivity index (χ0) is 18.7. The second-order valence-electron chi connectivity index (χ2n) is 8.62. The van der Waals surface area contributed by atoms with E-state index in [0.29, 0.717) is 5.92 Å². The van der Waals surface area contributed by atoms with Crippen molar-refractivity contribution in [1.82, 2.24) is 9.55 Å². The molecule has 0 N–H and O–H groups in total. The first-order chi connectivity index (χ1) is 12.3. The molecule has 0 aliphatic rings. The van der Waals surface area contributed by atoms with E-state index in [4.69, 9.17) is 0 Å². The Bertz CT molecular complexity index is 848. The molecular formula is C24H30N2. The number of nitrogens with zero attached hydrogens (tertiary/aromatic N) is 2. The minimum absolute atomic E-state index is 0.0558. The Labute approximate surface area is 157 Å². The summed E-state index contributed by atoms with van der Waals surface area (Å²) in [6.45, 7) is 12.0. The van der Waals surface area contributed by atoms with Crippen LogP contribution in [-0.2, 0) is 18.4 Å². The fraction of sp³-hybridized carbons (Fsp3) is 0.375. The first-order valence-electron chi connectivity index (χ1n) is 9.53. The highest BCUT2D eigenvalue weighted by molar-refractivity contribution is 5.64. The second-order valence-corrected chi connectivity index (χ2v) is 8.62. The summed E-state index contributed by atoms with van der Waals surface area (Å²) < 4.78 is 2.25. The summed E-state index contributed by atoms with van der Waals surface area (Å²) in [5, 5.41) is 0. The maximum absolute atomic E-state index is 4.54. The molecule has 0 unspecified atom stereocenters. The van der Waals surface area contributed by atoms with Crippen molar-refractivity contribution in [3.63, 3.8) is 0 Å². The van der Waals surface area contributed by atoms with Crippen LogP contribution in [0.15, 0.2) is 60.9 Å². The highest BCUT2D eigenvalue weighted by Crippen LogP contribution is 2.24. The quantitative estimate of drug-likeness (QED) is 0.546. The van der Waals surface area contributed by atoms with Gasteiger partial charge in [-0.25, -0.2) is 4.98 Å². The van der Waals surface area contributed by atoms with E-state index >= 15 is 0 Å². The summed E-state index contributed by atoms with van der Waals surface area (Å²) in [4.78, 5) is 4.54. The number of imidazole rings is 1. The van der Waals surface area contributed by atoms with E-state index in [1.165, 1.54) is 22.3 Å². The molecule has 1 aromatic heterocycles. The lowest BCUT2D eigenvalue weighted by molar-refractivity contribution is 0.511.